The van der Waals surface area contributed by atoms with Crippen LogP contribution in [0.1, 0.15) is 20.7 Å². The van der Waals surface area contributed by atoms with E-state index >= 15 is 0 Å². The summed E-state index contributed by atoms with van der Waals surface area (Å²) in [5, 5.41) is 3.35. The highest BCUT2D eigenvalue weighted by Crippen LogP contribution is 2.36. The van der Waals surface area contributed by atoms with E-state index in [-0.39, 0.29) is 15.7 Å². The molecule has 3 aromatic carbocycles. The van der Waals surface area contributed by atoms with E-state index in [9.17, 15) is 9.59 Å². The summed E-state index contributed by atoms with van der Waals surface area (Å²) in [4.78, 5) is 25.5. The molecule has 0 fully saturated rings. The zero-order chi connectivity index (χ0) is 18.6. The van der Waals surface area contributed by atoms with Crippen LogP contribution in [0.25, 0.3) is 10.8 Å². The monoisotopic (exact) mass is 468 g/mol. The van der Waals surface area contributed by atoms with Gasteiger partial charge in [0.05, 0.1) is 26.9 Å². The van der Waals surface area contributed by atoms with E-state index in [4.69, 9.17) is 34.8 Å². The third-order valence-corrected chi connectivity index (χ3v) is 5.57. The normalized spacial score (nSPS) is 13.5. The van der Waals surface area contributed by atoms with E-state index in [1.54, 1.807) is 12.1 Å². The molecule has 130 valence electrons. The number of nitrogens with one attached hydrogen (secondary N) is 1. The molecule has 8 heteroatoms. The van der Waals surface area contributed by atoms with Crippen molar-refractivity contribution in [2.24, 2.45) is 0 Å². The summed E-state index contributed by atoms with van der Waals surface area (Å²) in [6.45, 7) is 0. The first-order chi connectivity index (χ1) is 12.4. The molecule has 0 aromatic heterocycles. The van der Waals surface area contributed by atoms with Crippen LogP contribution in [0.15, 0.2) is 46.9 Å². The minimum Gasteiger partial charge on any atom is -0.285 e. The SMILES string of the molecule is O=C1c2cc3cccc(Br)c3cc2C(=O)N1Nc1c(Cl)cc(Cl)cc1Cl. The number of carbonyl (C=O) groups excluding carboxylic acids is 2. The van der Waals surface area contributed by atoms with Crippen molar-refractivity contribution in [1.29, 1.82) is 0 Å². The minimum atomic E-state index is -0.482. The van der Waals surface area contributed by atoms with Gasteiger partial charge in [-0.05, 0) is 41.1 Å². The summed E-state index contributed by atoms with van der Waals surface area (Å²) in [7, 11) is 0. The fourth-order valence-corrected chi connectivity index (χ4v) is 4.23. The molecular weight excluding hydrogens is 462 g/mol. The van der Waals surface area contributed by atoms with E-state index in [0.29, 0.717) is 16.1 Å². The highest BCUT2D eigenvalue weighted by atomic mass is 79.9. The number of anilines is 1. The highest BCUT2D eigenvalue weighted by molar-refractivity contribution is 9.10. The summed E-state index contributed by atoms with van der Waals surface area (Å²) >= 11 is 21.6. The van der Waals surface area contributed by atoms with Gasteiger partial charge in [0.25, 0.3) is 11.8 Å². The van der Waals surface area contributed by atoms with E-state index in [0.717, 1.165) is 20.3 Å². The fourth-order valence-electron chi connectivity index (χ4n) is 2.84. The van der Waals surface area contributed by atoms with E-state index in [1.807, 2.05) is 18.2 Å². The van der Waals surface area contributed by atoms with Crippen molar-refractivity contribution in [1.82, 2.24) is 5.01 Å². The Kier molecular flexibility index (Phi) is 4.35. The summed E-state index contributed by atoms with van der Waals surface area (Å²) in [6.07, 6.45) is 0. The maximum absolute atomic E-state index is 12.8. The van der Waals surface area contributed by atoms with Crippen LogP contribution < -0.4 is 5.43 Å². The van der Waals surface area contributed by atoms with Crippen LogP contribution in [-0.4, -0.2) is 16.8 Å². The Balaban J connectivity index is 1.79. The van der Waals surface area contributed by atoms with Crippen molar-refractivity contribution in [2.45, 2.75) is 0 Å². The number of imide groups is 1. The van der Waals surface area contributed by atoms with Crippen molar-refractivity contribution >= 4 is 79.0 Å². The van der Waals surface area contributed by atoms with Gasteiger partial charge in [0, 0.05) is 9.50 Å². The average molecular weight is 471 g/mol. The Morgan fingerprint density at radius 2 is 1.50 bits per heavy atom. The topological polar surface area (TPSA) is 49.4 Å². The van der Waals surface area contributed by atoms with Crippen LogP contribution in [0.5, 0.6) is 0 Å². The van der Waals surface area contributed by atoms with E-state index < -0.39 is 11.8 Å². The number of hydrogen-bond donors (Lipinski definition) is 1. The molecule has 3 aromatic rings. The van der Waals surface area contributed by atoms with Gasteiger partial charge in [0.1, 0.15) is 0 Å². The second-order valence-electron chi connectivity index (χ2n) is 5.66. The molecule has 26 heavy (non-hydrogen) atoms. The molecule has 0 saturated heterocycles. The van der Waals surface area contributed by atoms with E-state index in [2.05, 4.69) is 21.4 Å². The first kappa shape index (κ1) is 17.6. The third kappa shape index (κ3) is 2.76. The maximum atomic E-state index is 12.8. The standard InChI is InChI=1S/C18H8BrCl3N2O2/c19-13-3-1-2-8-4-11-12(7-10(8)13)18(26)24(17(11)25)23-16-14(21)5-9(20)6-15(16)22/h1-7,23H. The molecule has 0 aliphatic carbocycles. The number of rotatable bonds is 2. The number of hydrogen-bond acceptors (Lipinski definition) is 3. The zero-order valence-corrected chi connectivity index (χ0v) is 16.7. The number of amides is 2. The molecule has 1 N–H and O–H groups in total. The minimum absolute atomic E-state index is 0.201. The Morgan fingerprint density at radius 1 is 0.885 bits per heavy atom. The Labute approximate surface area is 171 Å². The zero-order valence-electron chi connectivity index (χ0n) is 12.8. The predicted molar refractivity (Wildman–Crippen MR) is 107 cm³/mol. The molecular formula is C18H8BrCl3N2O2. The summed E-state index contributed by atoms with van der Waals surface area (Å²) in [5.41, 5.74) is 3.58. The highest BCUT2D eigenvalue weighted by Gasteiger charge is 2.37. The van der Waals surface area contributed by atoms with Crippen LogP contribution in [0, 0.1) is 0 Å². The first-order valence-corrected chi connectivity index (χ1v) is 9.32. The molecule has 0 bridgehead atoms. The summed E-state index contributed by atoms with van der Waals surface area (Å²) < 4.78 is 0.841. The van der Waals surface area contributed by atoms with Crippen molar-refractivity contribution in [3.05, 3.63) is 73.1 Å². The van der Waals surface area contributed by atoms with Crippen LogP contribution in [0.3, 0.4) is 0 Å². The van der Waals surface area contributed by atoms with Gasteiger partial charge < -0.3 is 0 Å². The molecule has 1 aliphatic rings. The second-order valence-corrected chi connectivity index (χ2v) is 7.77. The molecule has 1 aliphatic heterocycles. The average Bonchev–Trinajstić information content (AvgIpc) is 2.81. The smallest absolute Gasteiger partial charge is 0.280 e. The molecule has 0 spiro atoms. The number of benzene rings is 3. The molecule has 4 nitrogen and oxygen atoms in total. The fraction of sp³-hybridized carbons (Fsp3) is 0. The quantitative estimate of drug-likeness (QED) is 0.455. The van der Waals surface area contributed by atoms with Gasteiger partial charge in [-0.15, -0.1) is 0 Å². The lowest BCUT2D eigenvalue weighted by atomic mass is 10.0. The van der Waals surface area contributed by atoms with Gasteiger partial charge >= 0.3 is 0 Å². The molecule has 2 amide bonds. The Morgan fingerprint density at radius 3 is 2.15 bits per heavy atom. The molecule has 1 heterocycles. The summed E-state index contributed by atoms with van der Waals surface area (Å²) in [6, 6.07) is 12.0. The number of carbonyl (C=O) groups is 2. The van der Waals surface area contributed by atoms with Gasteiger partial charge in [-0.1, -0.05) is 62.9 Å². The van der Waals surface area contributed by atoms with Crippen molar-refractivity contribution in [3.63, 3.8) is 0 Å². The van der Waals surface area contributed by atoms with Crippen molar-refractivity contribution < 1.29 is 9.59 Å². The maximum Gasteiger partial charge on any atom is 0.280 e. The van der Waals surface area contributed by atoms with Crippen molar-refractivity contribution in [2.75, 3.05) is 5.43 Å². The number of hydrazine groups is 1. The largest absolute Gasteiger partial charge is 0.285 e. The molecule has 0 atom stereocenters. The Hall–Kier alpha value is -1.79. The second kappa shape index (κ2) is 6.43. The van der Waals surface area contributed by atoms with Gasteiger partial charge in [0.2, 0.25) is 0 Å². The van der Waals surface area contributed by atoms with Crippen LogP contribution >= 0.6 is 50.7 Å². The predicted octanol–water partition coefficient (Wildman–Crippen LogP) is 6.19. The molecule has 4 rings (SSSR count). The van der Waals surface area contributed by atoms with Gasteiger partial charge in [-0.2, -0.15) is 5.01 Å². The van der Waals surface area contributed by atoms with Crippen LogP contribution in [-0.2, 0) is 0 Å². The number of fused-ring (bicyclic) bond motifs is 2. The Bertz CT molecular complexity index is 1090. The lowest BCUT2D eigenvalue weighted by Crippen LogP contribution is -2.35. The lowest BCUT2D eigenvalue weighted by molar-refractivity contribution is 0.0691. The molecule has 0 radical (unpaired) electrons. The van der Waals surface area contributed by atoms with Crippen molar-refractivity contribution in [3.8, 4) is 0 Å². The number of nitrogens with zero attached hydrogens (tertiary/aromatic N) is 1. The molecule has 0 saturated carbocycles. The number of halogens is 4. The van der Waals surface area contributed by atoms with E-state index in [1.165, 1.54) is 12.1 Å². The van der Waals surface area contributed by atoms with Gasteiger partial charge in [0.15, 0.2) is 0 Å². The lowest BCUT2D eigenvalue weighted by Gasteiger charge is -2.18. The summed E-state index contributed by atoms with van der Waals surface area (Å²) in [5.74, 6) is -0.960. The molecule has 0 unspecified atom stereocenters. The van der Waals surface area contributed by atoms with Gasteiger partial charge in [-0.25, -0.2) is 0 Å². The first-order valence-electron chi connectivity index (χ1n) is 7.39. The van der Waals surface area contributed by atoms with Crippen LogP contribution in [0.2, 0.25) is 15.1 Å². The van der Waals surface area contributed by atoms with Gasteiger partial charge in [-0.3, -0.25) is 15.0 Å². The van der Waals surface area contributed by atoms with Crippen LogP contribution in [0.4, 0.5) is 5.69 Å². The third-order valence-electron chi connectivity index (χ3n) is 4.06.